The Morgan fingerprint density at radius 2 is 1.78 bits per heavy atom. The Labute approximate surface area is 115 Å². The Bertz CT molecular complexity index is 214. The normalized spacial score (nSPS) is 21.5. The second-order valence-electron chi connectivity index (χ2n) is 6.89. The first-order valence-electron chi connectivity index (χ1n) is 7.90. The van der Waals surface area contributed by atoms with Crippen LogP contribution in [-0.2, 0) is 0 Å². The van der Waals surface area contributed by atoms with Gasteiger partial charge in [0.15, 0.2) is 0 Å². The third kappa shape index (κ3) is 4.89. The van der Waals surface area contributed by atoms with E-state index in [0.717, 1.165) is 5.92 Å². The summed E-state index contributed by atoms with van der Waals surface area (Å²) in [5.41, 5.74) is 0.583. The number of nitrogens with zero attached hydrogens (tertiary/aromatic N) is 1. The molecule has 0 aromatic heterocycles. The van der Waals surface area contributed by atoms with Crippen molar-refractivity contribution in [2.45, 2.75) is 65.8 Å². The lowest BCUT2D eigenvalue weighted by Gasteiger charge is -2.42. The van der Waals surface area contributed by atoms with E-state index in [1.807, 2.05) is 0 Å². The second kappa shape index (κ2) is 7.49. The van der Waals surface area contributed by atoms with Gasteiger partial charge in [-0.1, -0.05) is 27.2 Å². The van der Waals surface area contributed by atoms with Crippen LogP contribution in [0.5, 0.6) is 0 Å². The summed E-state index contributed by atoms with van der Waals surface area (Å²) >= 11 is 0. The quantitative estimate of drug-likeness (QED) is 0.748. The van der Waals surface area contributed by atoms with Gasteiger partial charge in [-0.3, -0.25) is 0 Å². The summed E-state index contributed by atoms with van der Waals surface area (Å²) in [6.07, 6.45) is 6.76. The lowest BCUT2D eigenvalue weighted by molar-refractivity contribution is 0.0894. The molecule has 2 nitrogen and oxygen atoms in total. The summed E-state index contributed by atoms with van der Waals surface area (Å²) < 4.78 is 0. The Kier molecular flexibility index (Phi) is 6.65. The van der Waals surface area contributed by atoms with Crippen LogP contribution in [0.3, 0.4) is 0 Å². The standard InChI is InChI=1S/C16H34N2/c1-6-7-16(8-10-17-11-9-16)13-18(5)15(4)12-14(2)3/h14-15,17H,6-13H2,1-5H3. The van der Waals surface area contributed by atoms with Crippen molar-refractivity contribution < 1.29 is 0 Å². The molecule has 0 aromatic carbocycles. The van der Waals surface area contributed by atoms with Gasteiger partial charge in [0, 0.05) is 12.6 Å². The monoisotopic (exact) mass is 254 g/mol. The summed E-state index contributed by atoms with van der Waals surface area (Å²) in [6.45, 7) is 13.1. The zero-order chi connectivity index (χ0) is 13.6. The first kappa shape index (κ1) is 16.0. The van der Waals surface area contributed by atoms with Crippen molar-refractivity contribution in [1.29, 1.82) is 0 Å². The molecule has 0 radical (unpaired) electrons. The largest absolute Gasteiger partial charge is 0.317 e. The SMILES string of the molecule is CCCC1(CN(C)C(C)CC(C)C)CCNCC1. The molecular formula is C16H34N2. The topological polar surface area (TPSA) is 15.3 Å². The Balaban J connectivity index is 2.54. The van der Waals surface area contributed by atoms with Crippen molar-refractivity contribution >= 4 is 0 Å². The van der Waals surface area contributed by atoms with E-state index >= 15 is 0 Å². The van der Waals surface area contributed by atoms with E-state index in [-0.39, 0.29) is 0 Å². The van der Waals surface area contributed by atoms with Crippen LogP contribution in [0.15, 0.2) is 0 Å². The van der Waals surface area contributed by atoms with Crippen LogP contribution in [0.2, 0.25) is 0 Å². The maximum absolute atomic E-state index is 3.51. The van der Waals surface area contributed by atoms with E-state index in [9.17, 15) is 0 Å². The van der Waals surface area contributed by atoms with E-state index < -0.39 is 0 Å². The van der Waals surface area contributed by atoms with Crippen molar-refractivity contribution in [3.63, 3.8) is 0 Å². The average molecular weight is 254 g/mol. The molecule has 108 valence electrons. The van der Waals surface area contributed by atoms with Gasteiger partial charge >= 0.3 is 0 Å². The van der Waals surface area contributed by atoms with E-state index in [1.54, 1.807) is 0 Å². The predicted molar refractivity (Wildman–Crippen MR) is 81.0 cm³/mol. The van der Waals surface area contributed by atoms with Crippen molar-refractivity contribution in [2.75, 3.05) is 26.7 Å². The van der Waals surface area contributed by atoms with Gasteiger partial charge in [-0.05, 0) is 64.1 Å². The zero-order valence-electron chi connectivity index (χ0n) is 13.3. The highest BCUT2D eigenvalue weighted by molar-refractivity contribution is 4.87. The molecule has 1 aliphatic heterocycles. The highest BCUT2D eigenvalue weighted by Gasteiger charge is 2.33. The fourth-order valence-corrected chi connectivity index (χ4v) is 3.52. The minimum absolute atomic E-state index is 0.583. The average Bonchev–Trinajstić information content (AvgIpc) is 2.29. The highest BCUT2D eigenvalue weighted by atomic mass is 15.1. The molecule has 0 spiro atoms. The zero-order valence-corrected chi connectivity index (χ0v) is 13.3. The summed E-state index contributed by atoms with van der Waals surface area (Å²) in [7, 11) is 2.33. The molecule has 1 unspecified atom stereocenters. The lowest BCUT2D eigenvalue weighted by Crippen LogP contribution is -2.46. The lowest BCUT2D eigenvalue weighted by atomic mass is 9.74. The molecule has 0 saturated carbocycles. The molecule has 2 heteroatoms. The summed E-state index contributed by atoms with van der Waals surface area (Å²) in [5.74, 6) is 0.803. The van der Waals surface area contributed by atoms with Crippen LogP contribution >= 0.6 is 0 Å². The van der Waals surface area contributed by atoms with Crippen LogP contribution in [0.25, 0.3) is 0 Å². The fraction of sp³-hybridized carbons (Fsp3) is 1.00. The van der Waals surface area contributed by atoms with E-state index in [1.165, 1.54) is 51.7 Å². The van der Waals surface area contributed by atoms with Gasteiger partial charge in [-0.25, -0.2) is 0 Å². The van der Waals surface area contributed by atoms with Crippen LogP contribution in [0.1, 0.15) is 59.8 Å². The summed E-state index contributed by atoms with van der Waals surface area (Å²) in [4.78, 5) is 2.61. The molecule has 18 heavy (non-hydrogen) atoms. The van der Waals surface area contributed by atoms with Crippen LogP contribution in [0.4, 0.5) is 0 Å². The molecule has 0 bridgehead atoms. The van der Waals surface area contributed by atoms with Crippen molar-refractivity contribution in [1.82, 2.24) is 10.2 Å². The Hall–Kier alpha value is -0.0800. The molecule has 1 rings (SSSR count). The Morgan fingerprint density at radius 3 is 2.28 bits per heavy atom. The van der Waals surface area contributed by atoms with Crippen molar-refractivity contribution in [3.05, 3.63) is 0 Å². The van der Waals surface area contributed by atoms with Gasteiger partial charge in [0.1, 0.15) is 0 Å². The van der Waals surface area contributed by atoms with Crippen molar-refractivity contribution in [2.24, 2.45) is 11.3 Å². The van der Waals surface area contributed by atoms with E-state index in [2.05, 4.69) is 45.0 Å². The van der Waals surface area contributed by atoms with E-state index in [4.69, 9.17) is 0 Å². The van der Waals surface area contributed by atoms with Gasteiger partial charge in [-0.15, -0.1) is 0 Å². The van der Waals surface area contributed by atoms with Crippen LogP contribution in [-0.4, -0.2) is 37.6 Å². The smallest absolute Gasteiger partial charge is 0.00665 e. The minimum atomic E-state index is 0.583. The first-order chi connectivity index (χ1) is 8.49. The molecule has 1 saturated heterocycles. The molecule has 1 heterocycles. The number of piperidine rings is 1. The fourth-order valence-electron chi connectivity index (χ4n) is 3.52. The summed E-state index contributed by atoms with van der Waals surface area (Å²) in [5, 5.41) is 3.51. The molecule has 1 N–H and O–H groups in total. The van der Waals surface area contributed by atoms with Crippen molar-refractivity contribution in [3.8, 4) is 0 Å². The van der Waals surface area contributed by atoms with Gasteiger partial charge in [0.25, 0.3) is 0 Å². The van der Waals surface area contributed by atoms with Gasteiger partial charge < -0.3 is 10.2 Å². The van der Waals surface area contributed by atoms with Gasteiger partial charge in [-0.2, -0.15) is 0 Å². The van der Waals surface area contributed by atoms with Crippen LogP contribution in [0, 0.1) is 11.3 Å². The predicted octanol–water partition coefficient (Wildman–Crippen LogP) is 3.52. The molecule has 1 aliphatic rings. The number of rotatable bonds is 7. The molecular weight excluding hydrogens is 220 g/mol. The maximum Gasteiger partial charge on any atom is 0.00665 e. The molecule has 0 amide bonds. The molecule has 0 aromatic rings. The number of hydrogen-bond acceptors (Lipinski definition) is 2. The third-order valence-electron chi connectivity index (χ3n) is 4.59. The van der Waals surface area contributed by atoms with E-state index in [0.29, 0.717) is 11.5 Å². The van der Waals surface area contributed by atoms with Gasteiger partial charge in [0.05, 0.1) is 0 Å². The molecule has 0 aliphatic carbocycles. The van der Waals surface area contributed by atoms with Crippen LogP contribution < -0.4 is 5.32 Å². The highest BCUT2D eigenvalue weighted by Crippen LogP contribution is 2.35. The minimum Gasteiger partial charge on any atom is -0.317 e. The first-order valence-corrected chi connectivity index (χ1v) is 7.90. The molecule has 1 atom stereocenters. The number of hydrogen-bond donors (Lipinski definition) is 1. The Morgan fingerprint density at radius 1 is 1.17 bits per heavy atom. The van der Waals surface area contributed by atoms with Gasteiger partial charge in [0.2, 0.25) is 0 Å². The second-order valence-corrected chi connectivity index (χ2v) is 6.89. The molecule has 1 fully saturated rings. The third-order valence-corrected chi connectivity index (χ3v) is 4.59. The summed E-state index contributed by atoms with van der Waals surface area (Å²) in [6, 6.07) is 0.716. The maximum atomic E-state index is 3.51. The number of nitrogens with one attached hydrogen (secondary N) is 1.